The van der Waals surface area contributed by atoms with Crippen LogP contribution in [0.25, 0.3) is 10.9 Å². The van der Waals surface area contributed by atoms with Crippen LogP contribution in [0, 0.1) is 12.7 Å². The summed E-state index contributed by atoms with van der Waals surface area (Å²) >= 11 is 0. The van der Waals surface area contributed by atoms with Gasteiger partial charge in [0.05, 0.1) is 11.7 Å². The van der Waals surface area contributed by atoms with E-state index in [1.165, 1.54) is 6.07 Å². The summed E-state index contributed by atoms with van der Waals surface area (Å²) in [5, 5.41) is 8.78. The highest BCUT2D eigenvalue weighted by atomic mass is 19.1. The second-order valence-corrected chi connectivity index (χ2v) is 4.65. The number of rotatable bonds is 1. The maximum Gasteiger partial charge on any atom is 0.149 e. The largest absolute Gasteiger partial charge is 0.317 e. The minimum atomic E-state index is -0.165. The van der Waals surface area contributed by atoms with E-state index in [1.54, 1.807) is 6.07 Å². The van der Waals surface area contributed by atoms with E-state index >= 15 is 0 Å². The van der Waals surface area contributed by atoms with Crippen LogP contribution in [0.15, 0.2) is 18.2 Å². The molecule has 17 heavy (non-hydrogen) atoms. The third-order valence-electron chi connectivity index (χ3n) is 3.52. The Labute approximate surface area is 99.6 Å². The highest BCUT2D eigenvalue weighted by Gasteiger charge is 2.20. The zero-order valence-corrected chi connectivity index (χ0v) is 9.91. The number of nitrogens with zero attached hydrogens (tertiary/aromatic N) is 2. The number of benzene rings is 1. The summed E-state index contributed by atoms with van der Waals surface area (Å²) in [6.45, 7) is 3.92. The second-order valence-electron chi connectivity index (χ2n) is 4.65. The maximum absolute atomic E-state index is 13.9. The molecule has 0 amide bonds. The van der Waals surface area contributed by atoms with Gasteiger partial charge in [0.2, 0.25) is 0 Å². The molecule has 1 aliphatic rings. The number of hydrogen-bond acceptors (Lipinski definition) is 2. The molecule has 2 aromatic rings. The maximum atomic E-state index is 13.9. The lowest BCUT2D eigenvalue weighted by Gasteiger charge is -2.23. The molecule has 1 aliphatic heterocycles. The molecule has 0 unspecified atom stereocenters. The van der Waals surface area contributed by atoms with Crippen LogP contribution in [0.1, 0.15) is 24.6 Å². The predicted octanol–water partition coefficient (Wildman–Crippen LogP) is 2.41. The minimum absolute atomic E-state index is 0.165. The van der Waals surface area contributed by atoms with Crippen molar-refractivity contribution < 1.29 is 4.39 Å². The van der Waals surface area contributed by atoms with Crippen LogP contribution in [0.3, 0.4) is 0 Å². The third kappa shape index (κ3) is 1.72. The number of nitrogens with one attached hydrogen (secondary N) is 1. The zero-order chi connectivity index (χ0) is 11.8. The van der Waals surface area contributed by atoms with E-state index in [1.807, 2.05) is 17.7 Å². The zero-order valence-electron chi connectivity index (χ0n) is 9.91. The average molecular weight is 233 g/mol. The summed E-state index contributed by atoms with van der Waals surface area (Å²) < 4.78 is 15.8. The number of aromatic nitrogens is 2. The summed E-state index contributed by atoms with van der Waals surface area (Å²) in [5.41, 5.74) is 1.58. The lowest BCUT2D eigenvalue weighted by atomic mass is 10.1. The van der Waals surface area contributed by atoms with Gasteiger partial charge in [-0.3, -0.25) is 4.68 Å². The summed E-state index contributed by atoms with van der Waals surface area (Å²) in [4.78, 5) is 0. The summed E-state index contributed by atoms with van der Waals surface area (Å²) in [7, 11) is 0. The molecule has 90 valence electrons. The molecule has 0 atom stereocenters. The third-order valence-corrected chi connectivity index (χ3v) is 3.52. The fourth-order valence-electron chi connectivity index (χ4n) is 2.62. The predicted molar refractivity (Wildman–Crippen MR) is 65.6 cm³/mol. The molecule has 1 aromatic carbocycles. The molecule has 0 bridgehead atoms. The van der Waals surface area contributed by atoms with Gasteiger partial charge in [-0.05, 0) is 38.9 Å². The molecule has 1 aromatic heterocycles. The quantitative estimate of drug-likeness (QED) is 0.819. The first kappa shape index (κ1) is 10.7. The standard InChI is InChI=1S/C13H16FN3/c1-9-11-3-2-4-12(14)13(11)17(16-9)10-5-7-15-8-6-10/h2-4,10,15H,5-8H2,1H3. The Kier molecular flexibility index (Phi) is 2.59. The normalized spacial score (nSPS) is 17.8. The fraction of sp³-hybridized carbons (Fsp3) is 0.462. The molecular weight excluding hydrogens is 217 g/mol. The second kappa shape index (κ2) is 4.11. The SMILES string of the molecule is Cc1nn(C2CCNCC2)c2c(F)cccc12. The number of aryl methyl sites for hydroxylation is 1. The molecule has 3 nitrogen and oxygen atoms in total. The van der Waals surface area contributed by atoms with E-state index in [2.05, 4.69) is 10.4 Å². The highest BCUT2D eigenvalue weighted by Crippen LogP contribution is 2.27. The van der Waals surface area contributed by atoms with Crippen molar-refractivity contribution in [2.24, 2.45) is 0 Å². The van der Waals surface area contributed by atoms with Crippen molar-refractivity contribution in [3.05, 3.63) is 29.7 Å². The molecule has 0 saturated carbocycles. The van der Waals surface area contributed by atoms with E-state index in [-0.39, 0.29) is 5.82 Å². The van der Waals surface area contributed by atoms with Crippen molar-refractivity contribution in [1.82, 2.24) is 15.1 Å². The number of hydrogen-bond donors (Lipinski definition) is 1. The van der Waals surface area contributed by atoms with Crippen LogP contribution in [-0.4, -0.2) is 22.9 Å². The van der Waals surface area contributed by atoms with Crippen LogP contribution in [0.5, 0.6) is 0 Å². The van der Waals surface area contributed by atoms with E-state index in [0.717, 1.165) is 37.0 Å². The van der Waals surface area contributed by atoms with E-state index < -0.39 is 0 Å². The molecule has 2 heterocycles. The molecule has 0 spiro atoms. The highest BCUT2D eigenvalue weighted by molar-refractivity contribution is 5.82. The van der Waals surface area contributed by atoms with Gasteiger partial charge < -0.3 is 5.32 Å². The van der Waals surface area contributed by atoms with Crippen molar-refractivity contribution in [1.29, 1.82) is 0 Å². The fourth-order valence-corrected chi connectivity index (χ4v) is 2.62. The van der Waals surface area contributed by atoms with Gasteiger partial charge in [-0.25, -0.2) is 4.39 Å². The molecule has 3 rings (SSSR count). The summed E-state index contributed by atoms with van der Waals surface area (Å²) in [5.74, 6) is -0.165. The number of halogens is 1. The van der Waals surface area contributed by atoms with Crippen LogP contribution >= 0.6 is 0 Å². The Morgan fingerprint density at radius 3 is 2.88 bits per heavy atom. The molecule has 4 heteroatoms. The Hall–Kier alpha value is -1.42. The lowest BCUT2D eigenvalue weighted by Crippen LogP contribution is -2.30. The number of piperidine rings is 1. The first-order valence-corrected chi connectivity index (χ1v) is 6.11. The Balaban J connectivity index is 2.15. The molecule has 1 fully saturated rings. The van der Waals surface area contributed by atoms with Gasteiger partial charge in [-0.15, -0.1) is 0 Å². The monoisotopic (exact) mass is 233 g/mol. The van der Waals surface area contributed by atoms with Crippen molar-refractivity contribution in [3.8, 4) is 0 Å². The van der Waals surface area contributed by atoms with Crippen molar-refractivity contribution in [3.63, 3.8) is 0 Å². The van der Waals surface area contributed by atoms with Crippen LogP contribution < -0.4 is 5.32 Å². The van der Waals surface area contributed by atoms with E-state index in [4.69, 9.17) is 0 Å². The smallest absolute Gasteiger partial charge is 0.149 e. The van der Waals surface area contributed by atoms with Crippen LogP contribution in [0.2, 0.25) is 0 Å². The van der Waals surface area contributed by atoms with Gasteiger partial charge in [0, 0.05) is 5.39 Å². The molecule has 0 aliphatic carbocycles. The molecule has 0 radical (unpaired) electrons. The van der Waals surface area contributed by atoms with Crippen molar-refractivity contribution in [2.75, 3.05) is 13.1 Å². The first-order valence-electron chi connectivity index (χ1n) is 6.11. The van der Waals surface area contributed by atoms with Gasteiger partial charge in [0.25, 0.3) is 0 Å². The Morgan fingerprint density at radius 2 is 2.12 bits per heavy atom. The Morgan fingerprint density at radius 1 is 1.35 bits per heavy atom. The van der Waals surface area contributed by atoms with Crippen molar-refractivity contribution in [2.45, 2.75) is 25.8 Å². The minimum Gasteiger partial charge on any atom is -0.317 e. The number of para-hydroxylation sites is 1. The van der Waals surface area contributed by atoms with Gasteiger partial charge >= 0.3 is 0 Å². The van der Waals surface area contributed by atoms with Crippen LogP contribution in [-0.2, 0) is 0 Å². The first-order chi connectivity index (χ1) is 8.27. The Bertz CT molecular complexity index is 541. The van der Waals surface area contributed by atoms with Gasteiger partial charge in [0.1, 0.15) is 11.3 Å². The van der Waals surface area contributed by atoms with E-state index in [9.17, 15) is 4.39 Å². The van der Waals surface area contributed by atoms with Gasteiger partial charge in [-0.2, -0.15) is 5.10 Å². The van der Waals surface area contributed by atoms with E-state index in [0.29, 0.717) is 11.6 Å². The topological polar surface area (TPSA) is 29.9 Å². The van der Waals surface area contributed by atoms with Gasteiger partial charge in [0.15, 0.2) is 0 Å². The molecule has 1 saturated heterocycles. The van der Waals surface area contributed by atoms with Gasteiger partial charge in [-0.1, -0.05) is 12.1 Å². The summed E-state index contributed by atoms with van der Waals surface area (Å²) in [6.07, 6.45) is 2.04. The summed E-state index contributed by atoms with van der Waals surface area (Å²) in [6, 6.07) is 5.53. The molecular formula is C13H16FN3. The lowest BCUT2D eigenvalue weighted by molar-refractivity contribution is 0.348. The van der Waals surface area contributed by atoms with Crippen molar-refractivity contribution >= 4 is 10.9 Å². The molecule has 1 N–H and O–H groups in total. The number of fused-ring (bicyclic) bond motifs is 1. The average Bonchev–Trinajstić information content (AvgIpc) is 2.70. The van der Waals surface area contributed by atoms with Crippen LogP contribution in [0.4, 0.5) is 4.39 Å².